The Labute approximate surface area is 89.0 Å². The molecule has 1 aliphatic heterocycles. The lowest BCUT2D eigenvalue weighted by Crippen LogP contribution is -2.35. The Morgan fingerprint density at radius 1 is 1.17 bits per heavy atom. The SMILES string of the molecule is ICCN1CCC2CCCCC21. The number of alkyl halides is 1. The van der Waals surface area contributed by atoms with Crippen LogP contribution >= 0.6 is 22.6 Å². The highest BCUT2D eigenvalue weighted by Gasteiger charge is 2.34. The second-order valence-electron chi connectivity index (χ2n) is 4.13. The van der Waals surface area contributed by atoms with Crippen molar-refractivity contribution in [3.05, 3.63) is 0 Å². The van der Waals surface area contributed by atoms with E-state index in [1.807, 2.05) is 0 Å². The van der Waals surface area contributed by atoms with Gasteiger partial charge in [0.15, 0.2) is 0 Å². The summed E-state index contributed by atoms with van der Waals surface area (Å²) in [4.78, 5) is 2.73. The summed E-state index contributed by atoms with van der Waals surface area (Å²) < 4.78 is 1.31. The van der Waals surface area contributed by atoms with Gasteiger partial charge in [0.1, 0.15) is 0 Å². The molecule has 70 valence electrons. The number of hydrogen-bond acceptors (Lipinski definition) is 1. The molecule has 2 rings (SSSR count). The third-order valence-electron chi connectivity index (χ3n) is 3.50. The average Bonchev–Trinajstić information content (AvgIpc) is 2.50. The lowest BCUT2D eigenvalue weighted by molar-refractivity contribution is 0.192. The second-order valence-corrected chi connectivity index (χ2v) is 5.20. The van der Waals surface area contributed by atoms with Crippen LogP contribution in [0, 0.1) is 5.92 Å². The third kappa shape index (κ3) is 1.79. The van der Waals surface area contributed by atoms with E-state index in [9.17, 15) is 0 Å². The summed E-state index contributed by atoms with van der Waals surface area (Å²) in [5, 5.41) is 0. The van der Waals surface area contributed by atoms with Crippen molar-refractivity contribution in [1.82, 2.24) is 4.90 Å². The first-order chi connectivity index (χ1) is 5.92. The number of nitrogens with zero attached hydrogens (tertiary/aromatic N) is 1. The fraction of sp³-hybridized carbons (Fsp3) is 1.00. The summed E-state index contributed by atoms with van der Waals surface area (Å²) in [5.41, 5.74) is 0. The summed E-state index contributed by atoms with van der Waals surface area (Å²) in [6.45, 7) is 2.72. The maximum atomic E-state index is 2.73. The molecule has 2 heteroatoms. The molecule has 2 aliphatic rings. The van der Waals surface area contributed by atoms with E-state index in [-0.39, 0.29) is 0 Å². The number of halogens is 1. The summed E-state index contributed by atoms with van der Waals surface area (Å²) >= 11 is 2.50. The van der Waals surface area contributed by atoms with Crippen LogP contribution in [0.15, 0.2) is 0 Å². The number of fused-ring (bicyclic) bond motifs is 1. The van der Waals surface area contributed by atoms with Crippen LogP contribution in [0.2, 0.25) is 0 Å². The molecule has 0 spiro atoms. The molecule has 12 heavy (non-hydrogen) atoms. The molecule has 0 amide bonds. The Kier molecular flexibility index (Phi) is 3.29. The first-order valence-corrected chi connectivity index (χ1v) is 6.74. The molecule has 2 atom stereocenters. The van der Waals surface area contributed by atoms with Crippen molar-refractivity contribution in [3.8, 4) is 0 Å². The van der Waals surface area contributed by atoms with Crippen LogP contribution in [0.25, 0.3) is 0 Å². The number of hydrogen-bond donors (Lipinski definition) is 0. The molecule has 1 nitrogen and oxygen atoms in total. The fourth-order valence-corrected chi connectivity index (χ4v) is 3.51. The zero-order valence-corrected chi connectivity index (χ0v) is 9.79. The predicted octanol–water partition coefficient (Wildman–Crippen LogP) is 2.69. The van der Waals surface area contributed by atoms with Crippen molar-refractivity contribution in [2.45, 2.75) is 38.1 Å². The van der Waals surface area contributed by atoms with Gasteiger partial charge >= 0.3 is 0 Å². The molecule has 1 heterocycles. The number of rotatable bonds is 2. The van der Waals surface area contributed by atoms with Gasteiger partial charge in [-0.05, 0) is 31.7 Å². The van der Waals surface area contributed by atoms with E-state index in [1.165, 1.54) is 49.6 Å². The minimum absolute atomic E-state index is 0.980. The molecule has 0 aromatic carbocycles. The molecule has 0 aromatic heterocycles. The standard InChI is InChI=1S/C10H18IN/c11-6-8-12-7-5-9-3-1-2-4-10(9)12/h9-10H,1-8H2. The van der Waals surface area contributed by atoms with Crippen LogP contribution in [0.1, 0.15) is 32.1 Å². The highest BCUT2D eigenvalue weighted by Crippen LogP contribution is 2.35. The topological polar surface area (TPSA) is 3.24 Å². The molecule has 1 saturated carbocycles. The minimum Gasteiger partial charge on any atom is -0.299 e. The molecule has 1 saturated heterocycles. The van der Waals surface area contributed by atoms with Crippen molar-refractivity contribution in [1.29, 1.82) is 0 Å². The molecule has 0 radical (unpaired) electrons. The quantitative estimate of drug-likeness (QED) is 0.555. The molecular weight excluding hydrogens is 261 g/mol. The van der Waals surface area contributed by atoms with E-state index in [1.54, 1.807) is 0 Å². The summed E-state index contributed by atoms with van der Waals surface area (Å²) in [5.74, 6) is 1.07. The van der Waals surface area contributed by atoms with E-state index >= 15 is 0 Å². The largest absolute Gasteiger partial charge is 0.299 e. The van der Waals surface area contributed by atoms with E-state index in [4.69, 9.17) is 0 Å². The molecule has 1 aliphatic carbocycles. The average molecular weight is 279 g/mol. The van der Waals surface area contributed by atoms with Gasteiger partial charge in [0.25, 0.3) is 0 Å². The summed E-state index contributed by atoms with van der Waals surface area (Å²) in [7, 11) is 0. The first-order valence-electron chi connectivity index (χ1n) is 5.22. The first kappa shape index (κ1) is 9.25. The van der Waals surface area contributed by atoms with Gasteiger partial charge in [0, 0.05) is 17.0 Å². The Bertz CT molecular complexity index is 149. The van der Waals surface area contributed by atoms with E-state index in [0.29, 0.717) is 0 Å². The highest BCUT2D eigenvalue weighted by molar-refractivity contribution is 14.1. The van der Waals surface area contributed by atoms with Crippen LogP contribution in [0.3, 0.4) is 0 Å². The Morgan fingerprint density at radius 3 is 2.83 bits per heavy atom. The predicted molar refractivity (Wildman–Crippen MR) is 60.8 cm³/mol. The minimum atomic E-state index is 0.980. The highest BCUT2D eigenvalue weighted by atomic mass is 127. The van der Waals surface area contributed by atoms with Gasteiger partial charge in [0.05, 0.1) is 0 Å². The van der Waals surface area contributed by atoms with Gasteiger partial charge in [0.2, 0.25) is 0 Å². The number of likely N-dealkylation sites (tertiary alicyclic amines) is 1. The van der Waals surface area contributed by atoms with Crippen molar-refractivity contribution >= 4 is 22.6 Å². The lowest BCUT2D eigenvalue weighted by atomic mass is 9.85. The van der Waals surface area contributed by atoms with Crippen molar-refractivity contribution in [3.63, 3.8) is 0 Å². The van der Waals surface area contributed by atoms with Gasteiger partial charge in [-0.1, -0.05) is 35.4 Å². The van der Waals surface area contributed by atoms with E-state index in [0.717, 1.165) is 12.0 Å². The third-order valence-corrected chi connectivity index (χ3v) is 3.98. The van der Waals surface area contributed by atoms with E-state index in [2.05, 4.69) is 27.5 Å². The van der Waals surface area contributed by atoms with Crippen LogP contribution in [0.5, 0.6) is 0 Å². The molecule has 0 aromatic rings. The van der Waals surface area contributed by atoms with Crippen LogP contribution in [0.4, 0.5) is 0 Å². The normalized spacial score (nSPS) is 36.8. The van der Waals surface area contributed by atoms with E-state index < -0.39 is 0 Å². The van der Waals surface area contributed by atoms with Gasteiger partial charge in [-0.3, -0.25) is 4.90 Å². The monoisotopic (exact) mass is 279 g/mol. The summed E-state index contributed by atoms with van der Waals surface area (Å²) in [6.07, 6.45) is 7.48. The summed E-state index contributed by atoms with van der Waals surface area (Å²) in [6, 6.07) is 0.980. The zero-order valence-electron chi connectivity index (χ0n) is 7.64. The van der Waals surface area contributed by atoms with Crippen molar-refractivity contribution in [2.75, 3.05) is 17.5 Å². The van der Waals surface area contributed by atoms with Crippen molar-refractivity contribution < 1.29 is 0 Å². The molecule has 0 bridgehead atoms. The zero-order chi connectivity index (χ0) is 8.39. The maximum Gasteiger partial charge on any atom is 0.0124 e. The maximum absolute atomic E-state index is 2.73. The van der Waals surface area contributed by atoms with Gasteiger partial charge in [-0.15, -0.1) is 0 Å². The smallest absolute Gasteiger partial charge is 0.0124 e. The molecule has 0 N–H and O–H groups in total. The Hall–Kier alpha value is 0.690. The van der Waals surface area contributed by atoms with Gasteiger partial charge in [-0.25, -0.2) is 0 Å². The lowest BCUT2D eigenvalue weighted by Gasteiger charge is -2.31. The second kappa shape index (κ2) is 4.27. The van der Waals surface area contributed by atoms with Crippen LogP contribution in [-0.4, -0.2) is 28.5 Å². The van der Waals surface area contributed by atoms with Crippen LogP contribution < -0.4 is 0 Å². The fourth-order valence-electron chi connectivity index (χ4n) is 2.89. The molecule has 2 fully saturated rings. The Morgan fingerprint density at radius 2 is 2.00 bits per heavy atom. The molecule has 2 unspecified atom stereocenters. The van der Waals surface area contributed by atoms with Gasteiger partial charge in [-0.2, -0.15) is 0 Å². The Balaban J connectivity index is 1.92. The molecular formula is C10H18IN. The van der Waals surface area contributed by atoms with Gasteiger partial charge < -0.3 is 0 Å². The van der Waals surface area contributed by atoms with Crippen LogP contribution in [-0.2, 0) is 0 Å². The van der Waals surface area contributed by atoms with Crippen molar-refractivity contribution in [2.24, 2.45) is 5.92 Å².